The van der Waals surface area contributed by atoms with Gasteiger partial charge in [0.2, 0.25) is 10.0 Å². The molecule has 7 nitrogen and oxygen atoms in total. The Hall–Kier alpha value is -2.58. The highest BCUT2D eigenvalue weighted by molar-refractivity contribution is 7.89. The number of hydrogen-bond donors (Lipinski definition) is 2. The highest BCUT2D eigenvalue weighted by atomic mass is 32.2. The van der Waals surface area contributed by atoms with Gasteiger partial charge in [0.1, 0.15) is 6.04 Å². The van der Waals surface area contributed by atoms with Crippen molar-refractivity contribution >= 4 is 16.0 Å². The van der Waals surface area contributed by atoms with E-state index in [1.165, 1.54) is 44.6 Å². The van der Waals surface area contributed by atoms with E-state index in [4.69, 9.17) is 9.47 Å². The standard InChI is InChI=1S/C16H17NO6S/c1-22-13-9-8-12(10-14(13)23-2)24(20,21)17-15(16(18)19)11-6-4-3-5-7-11/h3-10,15,17H,1-2H3,(H,18,19). The summed E-state index contributed by atoms with van der Waals surface area (Å²) in [5.41, 5.74) is 0.328. The maximum atomic E-state index is 12.5. The molecule has 24 heavy (non-hydrogen) atoms. The lowest BCUT2D eigenvalue weighted by atomic mass is 10.1. The van der Waals surface area contributed by atoms with E-state index in [1.807, 2.05) is 0 Å². The summed E-state index contributed by atoms with van der Waals surface area (Å²) in [6.07, 6.45) is 0. The molecule has 0 spiro atoms. The molecule has 1 atom stereocenters. The number of carboxylic acid groups (broad SMARTS) is 1. The first-order valence-electron chi connectivity index (χ1n) is 6.91. The van der Waals surface area contributed by atoms with Gasteiger partial charge >= 0.3 is 5.97 Å². The van der Waals surface area contributed by atoms with Crippen LogP contribution in [0.25, 0.3) is 0 Å². The molecule has 0 saturated carbocycles. The van der Waals surface area contributed by atoms with Crippen molar-refractivity contribution in [1.82, 2.24) is 4.72 Å². The van der Waals surface area contributed by atoms with E-state index in [1.54, 1.807) is 18.2 Å². The van der Waals surface area contributed by atoms with E-state index >= 15 is 0 Å². The van der Waals surface area contributed by atoms with Gasteiger partial charge in [-0.1, -0.05) is 30.3 Å². The normalized spacial score (nSPS) is 12.4. The number of ether oxygens (including phenoxy) is 2. The van der Waals surface area contributed by atoms with Gasteiger partial charge in [0.15, 0.2) is 11.5 Å². The molecule has 0 aliphatic carbocycles. The van der Waals surface area contributed by atoms with E-state index in [9.17, 15) is 18.3 Å². The third-order valence-corrected chi connectivity index (χ3v) is 4.74. The van der Waals surface area contributed by atoms with Crippen molar-refractivity contribution in [2.45, 2.75) is 10.9 Å². The lowest BCUT2D eigenvalue weighted by molar-refractivity contribution is -0.139. The first kappa shape index (κ1) is 17.8. The molecule has 128 valence electrons. The zero-order chi connectivity index (χ0) is 17.7. The Morgan fingerprint density at radius 2 is 1.67 bits per heavy atom. The molecule has 0 heterocycles. The van der Waals surface area contributed by atoms with E-state index in [2.05, 4.69) is 4.72 Å². The molecule has 0 aliphatic rings. The largest absolute Gasteiger partial charge is 0.493 e. The molecule has 0 radical (unpaired) electrons. The molecule has 0 aliphatic heterocycles. The maximum Gasteiger partial charge on any atom is 0.326 e. The van der Waals surface area contributed by atoms with Crippen molar-refractivity contribution in [3.05, 3.63) is 54.1 Å². The number of hydrogen-bond acceptors (Lipinski definition) is 5. The van der Waals surface area contributed by atoms with Crippen LogP contribution in [-0.4, -0.2) is 33.7 Å². The maximum absolute atomic E-state index is 12.5. The summed E-state index contributed by atoms with van der Waals surface area (Å²) in [7, 11) is -1.27. The van der Waals surface area contributed by atoms with Gasteiger partial charge in [-0.05, 0) is 17.7 Å². The Bertz CT molecular complexity index is 820. The van der Waals surface area contributed by atoms with Crippen LogP contribution in [0.4, 0.5) is 0 Å². The molecule has 2 aromatic rings. The highest BCUT2D eigenvalue weighted by Crippen LogP contribution is 2.30. The predicted octanol–water partition coefficient (Wildman–Crippen LogP) is 1.81. The molecular formula is C16H17NO6S. The smallest absolute Gasteiger partial charge is 0.326 e. The summed E-state index contributed by atoms with van der Waals surface area (Å²) in [6.45, 7) is 0. The van der Waals surface area contributed by atoms with Crippen LogP contribution < -0.4 is 14.2 Å². The van der Waals surface area contributed by atoms with Crippen molar-refractivity contribution in [3.8, 4) is 11.5 Å². The summed E-state index contributed by atoms with van der Waals surface area (Å²) < 4.78 is 37.4. The van der Waals surface area contributed by atoms with Gasteiger partial charge in [-0.3, -0.25) is 4.79 Å². The van der Waals surface area contributed by atoms with Gasteiger partial charge in [0, 0.05) is 6.07 Å². The van der Waals surface area contributed by atoms with Crippen molar-refractivity contribution < 1.29 is 27.8 Å². The molecular weight excluding hydrogens is 334 g/mol. The Morgan fingerprint density at radius 1 is 1.04 bits per heavy atom. The quantitative estimate of drug-likeness (QED) is 0.789. The number of carboxylic acids is 1. The molecule has 2 N–H and O–H groups in total. The summed E-state index contributed by atoms with van der Waals surface area (Å²) in [6, 6.07) is 10.7. The highest BCUT2D eigenvalue weighted by Gasteiger charge is 2.27. The van der Waals surface area contributed by atoms with Gasteiger partial charge in [-0.25, -0.2) is 8.42 Å². The predicted molar refractivity (Wildman–Crippen MR) is 86.7 cm³/mol. The van der Waals surface area contributed by atoms with Crippen LogP contribution in [0, 0.1) is 0 Å². The van der Waals surface area contributed by atoms with E-state index in [0.717, 1.165) is 0 Å². The molecule has 2 rings (SSSR count). The molecule has 0 aromatic heterocycles. The number of rotatable bonds is 7. The number of carbonyl (C=O) groups is 1. The zero-order valence-electron chi connectivity index (χ0n) is 13.1. The molecule has 2 aromatic carbocycles. The molecule has 8 heteroatoms. The summed E-state index contributed by atoms with van der Waals surface area (Å²) in [5.74, 6) is -0.702. The fourth-order valence-corrected chi connectivity index (χ4v) is 3.31. The van der Waals surface area contributed by atoms with Crippen molar-refractivity contribution in [3.63, 3.8) is 0 Å². The number of benzene rings is 2. The van der Waals surface area contributed by atoms with Crippen LogP contribution in [0.15, 0.2) is 53.4 Å². The van der Waals surface area contributed by atoms with Gasteiger partial charge in [0.05, 0.1) is 19.1 Å². The van der Waals surface area contributed by atoms with Gasteiger partial charge in [-0.15, -0.1) is 0 Å². The fourth-order valence-electron chi connectivity index (χ4n) is 2.11. The van der Waals surface area contributed by atoms with E-state index < -0.39 is 22.0 Å². The second-order valence-corrected chi connectivity index (χ2v) is 6.53. The lowest BCUT2D eigenvalue weighted by Gasteiger charge is -2.16. The second-order valence-electron chi connectivity index (χ2n) is 4.82. The molecule has 0 amide bonds. The fraction of sp³-hybridized carbons (Fsp3) is 0.188. The van der Waals surface area contributed by atoms with Crippen LogP contribution in [-0.2, 0) is 14.8 Å². The average molecular weight is 351 g/mol. The van der Waals surface area contributed by atoms with Crippen LogP contribution in [0.5, 0.6) is 11.5 Å². The molecule has 0 saturated heterocycles. The third-order valence-electron chi connectivity index (χ3n) is 3.32. The van der Waals surface area contributed by atoms with Crippen molar-refractivity contribution in [2.24, 2.45) is 0 Å². The van der Waals surface area contributed by atoms with Gasteiger partial charge in [0.25, 0.3) is 0 Å². The van der Waals surface area contributed by atoms with Crippen LogP contribution >= 0.6 is 0 Å². The Labute approximate surface area is 139 Å². The summed E-state index contributed by atoms with van der Waals surface area (Å²) in [5, 5.41) is 9.35. The summed E-state index contributed by atoms with van der Waals surface area (Å²) >= 11 is 0. The minimum absolute atomic E-state index is 0.123. The summed E-state index contributed by atoms with van der Waals surface area (Å²) in [4.78, 5) is 11.3. The van der Waals surface area contributed by atoms with Crippen molar-refractivity contribution in [1.29, 1.82) is 0 Å². The van der Waals surface area contributed by atoms with E-state index in [0.29, 0.717) is 11.3 Å². The SMILES string of the molecule is COc1ccc(S(=O)(=O)NC(C(=O)O)c2ccccc2)cc1OC. The second kappa shape index (κ2) is 7.33. The monoisotopic (exact) mass is 351 g/mol. The first-order chi connectivity index (χ1) is 11.4. The van der Waals surface area contributed by atoms with E-state index in [-0.39, 0.29) is 10.6 Å². The average Bonchev–Trinajstić information content (AvgIpc) is 2.59. The number of sulfonamides is 1. The number of nitrogens with one attached hydrogen (secondary N) is 1. The Kier molecular flexibility index (Phi) is 5.42. The molecule has 0 bridgehead atoms. The van der Waals surface area contributed by atoms with Crippen LogP contribution in [0.2, 0.25) is 0 Å². The first-order valence-corrected chi connectivity index (χ1v) is 8.39. The Morgan fingerprint density at radius 3 is 2.21 bits per heavy atom. The number of aliphatic carboxylic acids is 1. The molecule has 0 fully saturated rings. The minimum Gasteiger partial charge on any atom is -0.493 e. The van der Waals surface area contributed by atoms with Crippen LogP contribution in [0.3, 0.4) is 0 Å². The molecule has 1 unspecified atom stereocenters. The van der Waals surface area contributed by atoms with Gasteiger partial charge in [-0.2, -0.15) is 4.72 Å². The minimum atomic E-state index is -4.08. The Balaban J connectivity index is 2.37. The lowest BCUT2D eigenvalue weighted by Crippen LogP contribution is -2.33. The van der Waals surface area contributed by atoms with Crippen molar-refractivity contribution in [2.75, 3.05) is 14.2 Å². The topological polar surface area (TPSA) is 102 Å². The number of methoxy groups -OCH3 is 2. The van der Waals surface area contributed by atoms with Crippen LogP contribution in [0.1, 0.15) is 11.6 Å². The third kappa shape index (κ3) is 3.84. The van der Waals surface area contributed by atoms with Gasteiger partial charge < -0.3 is 14.6 Å². The zero-order valence-corrected chi connectivity index (χ0v) is 13.9.